The van der Waals surface area contributed by atoms with E-state index < -0.39 is 0 Å². The molecule has 0 aliphatic rings. The highest BCUT2D eigenvalue weighted by Crippen LogP contribution is 2.21. The molecule has 5 nitrogen and oxygen atoms in total. The van der Waals surface area contributed by atoms with E-state index in [4.69, 9.17) is 0 Å². The number of fused-ring (bicyclic) bond motifs is 1. The van der Waals surface area contributed by atoms with Gasteiger partial charge in [-0.2, -0.15) is 0 Å². The number of halogens is 2. The lowest BCUT2D eigenvalue weighted by Gasteiger charge is -2.18. The first kappa shape index (κ1) is 19.9. The van der Waals surface area contributed by atoms with Gasteiger partial charge in [0.25, 0.3) is 5.91 Å². The Balaban J connectivity index is 1.75. The smallest absolute Gasteiger partial charge is 0.255 e. The number of hydrogen-bond donors (Lipinski definition) is 1. The first-order chi connectivity index (χ1) is 13.2. The second-order valence-corrected chi connectivity index (χ2v) is 7.54. The Morgan fingerprint density at radius 3 is 2.61 bits per heavy atom. The van der Waals surface area contributed by atoms with Crippen molar-refractivity contribution in [1.82, 2.24) is 9.88 Å². The Labute approximate surface area is 170 Å². The minimum absolute atomic E-state index is 0.102. The Morgan fingerprint density at radius 1 is 1.14 bits per heavy atom. The van der Waals surface area contributed by atoms with Gasteiger partial charge in [-0.15, -0.1) is 0 Å². The van der Waals surface area contributed by atoms with E-state index in [2.05, 4.69) is 26.2 Å². The van der Waals surface area contributed by atoms with Crippen LogP contribution in [0.15, 0.2) is 46.9 Å². The number of aryl methyl sites for hydroxylation is 2. The minimum Gasteiger partial charge on any atom is -0.332 e. The molecule has 3 rings (SSSR count). The van der Waals surface area contributed by atoms with Crippen LogP contribution in [0.25, 0.3) is 10.9 Å². The third-order valence-corrected chi connectivity index (χ3v) is 4.88. The lowest BCUT2D eigenvalue weighted by molar-refractivity contribution is -0.116. The number of anilines is 1. The molecule has 1 aromatic heterocycles. The summed E-state index contributed by atoms with van der Waals surface area (Å²) in [5.74, 6) is -0.996. The summed E-state index contributed by atoms with van der Waals surface area (Å²) >= 11 is 3.38. The van der Waals surface area contributed by atoms with Crippen molar-refractivity contribution >= 4 is 44.3 Å². The van der Waals surface area contributed by atoms with Gasteiger partial charge in [0.2, 0.25) is 5.91 Å². The maximum Gasteiger partial charge on any atom is 0.255 e. The molecule has 0 bridgehead atoms. The molecule has 0 fully saturated rings. The molecule has 144 valence electrons. The van der Waals surface area contributed by atoms with E-state index in [1.807, 2.05) is 19.1 Å². The van der Waals surface area contributed by atoms with Crippen molar-refractivity contribution < 1.29 is 14.0 Å². The maximum atomic E-state index is 13.4. The Kier molecular flexibility index (Phi) is 5.74. The molecule has 0 aliphatic heterocycles. The zero-order chi connectivity index (χ0) is 20.4. The fourth-order valence-corrected chi connectivity index (χ4v) is 3.38. The van der Waals surface area contributed by atoms with E-state index in [9.17, 15) is 14.0 Å². The van der Waals surface area contributed by atoms with Crippen LogP contribution in [-0.4, -0.2) is 35.3 Å². The zero-order valence-electron chi connectivity index (χ0n) is 15.7. The van der Waals surface area contributed by atoms with Crippen LogP contribution in [0.4, 0.5) is 10.1 Å². The molecule has 1 N–H and O–H groups in total. The highest BCUT2D eigenvalue weighted by atomic mass is 79.9. The molecule has 0 spiro atoms. The number of hydrogen-bond acceptors (Lipinski definition) is 3. The minimum atomic E-state index is -0.379. The second kappa shape index (κ2) is 8.06. The SMILES string of the molecule is Cc1cc(Br)ccc1NC(=O)CN(C)C(=O)c1cc2ccc(F)cc2nc1C. The molecule has 0 atom stereocenters. The molecular formula is C21H19BrFN3O2. The number of carbonyl (C=O) groups excluding carboxylic acids is 2. The van der Waals surface area contributed by atoms with Gasteiger partial charge < -0.3 is 10.2 Å². The summed E-state index contributed by atoms with van der Waals surface area (Å²) in [6, 6.07) is 11.4. The molecule has 1 heterocycles. The number of benzene rings is 2. The normalized spacial score (nSPS) is 10.8. The van der Waals surface area contributed by atoms with Crippen LogP contribution in [0.1, 0.15) is 21.6 Å². The Hall–Kier alpha value is -2.80. The molecule has 0 unspecified atom stereocenters. The first-order valence-electron chi connectivity index (χ1n) is 8.63. The number of carbonyl (C=O) groups is 2. The van der Waals surface area contributed by atoms with Crippen LogP contribution in [0.5, 0.6) is 0 Å². The standard InChI is InChI=1S/C21H19BrFN3O2/c1-12-8-15(22)5-7-18(12)25-20(27)11-26(3)21(28)17-9-14-4-6-16(23)10-19(14)24-13(17)2/h4-10H,11H2,1-3H3,(H,25,27). The Morgan fingerprint density at radius 2 is 1.89 bits per heavy atom. The van der Waals surface area contributed by atoms with Gasteiger partial charge in [-0.3, -0.25) is 14.6 Å². The first-order valence-corrected chi connectivity index (χ1v) is 9.42. The van der Waals surface area contributed by atoms with Crippen molar-refractivity contribution in [1.29, 1.82) is 0 Å². The van der Waals surface area contributed by atoms with Gasteiger partial charge in [-0.05, 0) is 55.8 Å². The fourth-order valence-electron chi connectivity index (χ4n) is 2.90. The van der Waals surface area contributed by atoms with Gasteiger partial charge in [-0.25, -0.2) is 4.39 Å². The Bertz CT molecular complexity index is 1080. The third-order valence-electron chi connectivity index (χ3n) is 4.39. The maximum absolute atomic E-state index is 13.4. The van der Waals surface area contributed by atoms with E-state index in [1.165, 1.54) is 17.0 Å². The number of pyridine rings is 1. The molecule has 2 aromatic carbocycles. The average molecular weight is 444 g/mol. The summed E-state index contributed by atoms with van der Waals surface area (Å²) in [7, 11) is 1.56. The van der Waals surface area contributed by atoms with Crippen LogP contribution in [0.3, 0.4) is 0 Å². The molecule has 0 aliphatic carbocycles. The summed E-state index contributed by atoms with van der Waals surface area (Å²) in [6.45, 7) is 3.48. The van der Waals surface area contributed by atoms with Gasteiger partial charge >= 0.3 is 0 Å². The predicted molar refractivity (Wildman–Crippen MR) is 111 cm³/mol. The summed E-state index contributed by atoms with van der Waals surface area (Å²) in [5.41, 5.74) is 2.96. The van der Waals surface area contributed by atoms with E-state index in [0.717, 1.165) is 10.0 Å². The largest absolute Gasteiger partial charge is 0.332 e. The molecule has 7 heteroatoms. The number of nitrogens with zero attached hydrogens (tertiary/aromatic N) is 2. The number of aromatic nitrogens is 1. The van der Waals surface area contributed by atoms with E-state index in [1.54, 1.807) is 32.2 Å². The molecule has 28 heavy (non-hydrogen) atoms. The number of nitrogens with one attached hydrogen (secondary N) is 1. The molecule has 0 saturated carbocycles. The topological polar surface area (TPSA) is 62.3 Å². The van der Waals surface area contributed by atoms with Crippen molar-refractivity contribution in [3.8, 4) is 0 Å². The number of amides is 2. The van der Waals surface area contributed by atoms with Gasteiger partial charge in [0.15, 0.2) is 0 Å². The third kappa shape index (κ3) is 4.36. The number of likely N-dealkylation sites (N-methyl/N-ethyl adjacent to an activating group) is 1. The van der Waals surface area contributed by atoms with Crippen LogP contribution in [-0.2, 0) is 4.79 Å². The van der Waals surface area contributed by atoms with E-state index in [-0.39, 0.29) is 24.2 Å². The lowest BCUT2D eigenvalue weighted by atomic mass is 10.1. The predicted octanol–water partition coefficient (Wildman–Crippen LogP) is 4.46. The highest BCUT2D eigenvalue weighted by Gasteiger charge is 2.19. The summed E-state index contributed by atoms with van der Waals surface area (Å²) < 4.78 is 14.3. The van der Waals surface area contributed by atoms with Crippen LogP contribution in [0.2, 0.25) is 0 Å². The van der Waals surface area contributed by atoms with E-state index >= 15 is 0 Å². The molecule has 3 aromatic rings. The monoisotopic (exact) mass is 443 g/mol. The van der Waals surface area contributed by atoms with Crippen molar-refractivity contribution in [2.75, 3.05) is 18.9 Å². The van der Waals surface area contributed by atoms with Gasteiger partial charge in [0.1, 0.15) is 5.82 Å². The van der Waals surface area contributed by atoms with Crippen LogP contribution in [0, 0.1) is 19.7 Å². The quantitative estimate of drug-likeness (QED) is 0.646. The van der Waals surface area contributed by atoms with Crippen molar-refractivity contribution in [2.45, 2.75) is 13.8 Å². The van der Waals surface area contributed by atoms with Crippen molar-refractivity contribution in [2.24, 2.45) is 0 Å². The number of rotatable bonds is 4. The van der Waals surface area contributed by atoms with E-state index in [0.29, 0.717) is 27.8 Å². The molecule has 2 amide bonds. The zero-order valence-corrected chi connectivity index (χ0v) is 17.3. The molecule has 0 radical (unpaired) electrons. The lowest BCUT2D eigenvalue weighted by Crippen LogP contribution is -2.35. The van der Waals surface area contributed by atoms with Crippen molar-refractivity contribution in [3.63, 3.8) is 0 Å². The summed E-state index contributed by atoms with van der Waals surface area (Å²) in [6.07, 6.45) is 0. The summed E-state index contributed by atoms with van der Waals surface area (Å²) in [4.78, 5) is 30.8. The molecule has 0 saturated heterocycles. The van der Waals surface area contributed by atoms with Crippen LogP contribution >= 0.6 is 15.9 Å². The summed E-state index contributed by atoms with van der Waals surface area (Å²) in [5, 5.41) is 3.48. The second-order valence-electron chi connectivity index (χ2n) is 6.63. The van der Waals surface area contributed by atoms with Gasteiger partial charge in [0, 0.05) is 28.7 Å². The van der Waals surface area contributed by atoms with Crippen LogP contribution < -0.4 is 5.32 Å². The average Bonchev–Trinajstić information content (AvgIpc) is 2.62. The molecular weight excluding hydrogens is 425 g/mol. The van der Waals surface area contributed by atoms with Crippen molar-refractivity contribution in [3.05, 3.63) is 69.6 Å². The van der Waals surface area contributed by atoms with Gasteiger partial charge in [0.05, 0.1) is 23.3 Å². The highest BCUT2D eigenvalue weighted by molar-refractivity contribution is 9.10. The fraction of sp³-hybridized carbons (Fsp3) is 0.190. The van der Waals surface area contributed by atoms with Gasteiger partial charge in [-0.1, -0.05) is 15.9 Å².